The summed E-state index contributed by atoms with van der Waals surface area (Å²) in [7, 11) is 0. The Labute approximate surface area is 154 Å². The van der Waals surface area contributed by atoms with Crippen LogP contribution in [-0.2, 0) is 14.4 Å². The number of hydrogen-bond donors (Lipinski definition) is 4. The molecule has 26 heavy (non-hydrogen) atoms. The third kappa shape index (κ3) is 2.90. The van der Waals surface area contributed by atoms with E-state index in [1.54, 1.807) is 49.4 Å². The molecule has 0 saturated carbocycles. The highest BCUT2D eigenvalue weighted by molar-refractivity contribution is 8.01. The lowest BCUT2D eigenvalue weighted by Gasteiger charge is -2.44. The Morgan fingerprint density at radius 2 is 2.00 bits per heavy atom. The Kier molecular flexibility index (Phi) is 4.61. The van der Waals surface area contributed by atoms with E-state index in [1.807, 2.05) is 0 Å². The fourth-order valence-electron chi connectivity index (χ4n) is 3.39. The summed E-state index contributed by atoms with van der Waals surface area (Å²) in [6, 6.07) is 6.05. The van der Waals surface area contributed by atoms with Crippen LogP contribution in [0.3, 0.4) is 0 Å². The van der Waals surface area contributed by atoms with Gasteiger partial charge in [0.2, 0.25) is 11.8 Å². The largest absolute Gasteiger partial charge is 0.480 e. The van der Waals surface area contributed by atoms with Crippen LogP contribution in [0.2, 0.25) is 0 Å². The van der Waals surface area contributed by atoms with Gasteiger partial charge in [-0.1, -0.05) is 30.3 Å². The molecule has 2 aliphatic heterocycles. The van der Waals surface area contributed by atoms with E-state index in [0.717, 1.165) is 0 Å². The van der Waals surface area contributed by atoms with Crippen molar-refractivity contribution in [2.75, 3.05) is 0 Å². The molecule has 10 heteroatoms. The van der Waals surface area contributed by atoms with Crippen LogP contribution in [0.25, 0.3) is 5.53 Å². The number of hydrogen-bond acceptors (Lipinski definition) is 4. The summed E-state index contributed by atoms with van der Waals surface area (Å²) >= 11 is 1.35. The summed E-state index contributed by atoms with van der Waals surface area (Å²) in [5, 5.41) is 13.4. The lowest BCUT2D eigenvalue weighted by atomic mass is 9.95. The van der Waals surface area contributed by atoms with Gasteiger partial charge in [0.05, 0.1) is 0 Å². The number of carboxylic acid groups (broad SMARTS) is 1. The van der Waals surface area contributed by atoms with Crippen molar-refractivity contribution < 1.29 is 24.7 Å². The van der Waals surface area contributed by atoms with Crippen molar-refractivity contribution in [3.05, 3.63) is 41.4 Å². The molecule has 4 N–H and O–H groups in total. The summed E-state index contributed by atoms with van der Waals surface area (Å²) in [6.07, 6.45) is 0. The van der Waals surface area contributed by atoms with E-state index < -0.39 is 46.0 Å². The number of aliphatic carboxylic acids is 1. The molecule has 138 valence electrons. The molecule has 0 bridgehead atoms. The fourth-order valence-corrected chi connectivity index (χ4v) is 5.02. The number of carboxylic acids is 1. The quantitative estimate of drug-likeness (QED) is 0.284. The summed E-state index contributed by atoms with van der Waals surface area (Å²) in [5.41, 5.74) is 12.0. The van der Waals surface area contributed by atoms with Crippen LogP contribution in [0.5, 0.6) is 0 Å². The van der Waals surface area contributed by atoms with Crippen molar-refractivity contribution in [3.8, 4) is 0 Å². The molecule has 0 aliphatic carbocycles. The van der Waals surface area contributed by atoms with Crippen molar-refractivity contribution >= 4 is 29.5 Å². The molecule has 3 rings (SSSR count). The van der Waals surface area contributed by atoms with Gasteiger partial charge in [-0.15, -0.1) is 11.8 Å². The summed E-state index contributed by atoms with van der Waals surface area (Å²) < 4.78 is -0.657. The maximum atomic E-state index is 12.6. The first-order valence-electron chi connectivity index (χ1n) is 8.00. The third-order valence-corrected chi connectivity index (χ3v) is 6.15. The van der Waals surface area contributed by atoms with Crippen LogP contribution >= 0.6 is 11.8 Å². The van der Waals surface area contributed by atoms with Gasteiger partial charge in [0.15, 0.2) is 0 Å². The first-order valence-corrected chi connectivity index (χ1v) is 8.88. The van der Waals surface area contributed by atoms with Gasteiger partial charge in [0.1, 0.15) is 23.5 Å². The number of carbonyl (C=O) groups is 3. The summed E-state index contributed by atoms with van der Waals surface area (Å²) in [5.74, 6) is -1.98. The number of thioether (sulfide) groups is 1. The average Bonchev–Trinajstić information content (AvgIpc) is 2.86. The van der Waals surface area contributed by atoms with Gasteiger partial charge in [-0.05, 0) is 19.4 Å². The van der Waals surface area contributed by atoms with Crippen molar-refractivity contribution in [3.63, 3.8) is 0 Å². The smallest absolute Gasteiger partial charge is 0.327 e. The van der Waals surface area contributed by atoms with E-state index in [0.29, 0.717) is 5.56 Å². The first kappa shape index (κ1) is 18.2. The van der Waals surface area contributed by atoms with Crippen LogP contribution in [-0.4, -0.2) is 50.0 Å². The maximum Gasteiger partial charge on any atom is 0.327 e. The van der Waals surface area contributed by atoms with Gasteiger partial charge in [0, 0.05) is 4.75 Å². The Morgan fingerprint density at radius 3 is 2.58 bits per heavy atom. The average molecular weight is 377 g/mol. The molecule has 2 aliphatic rings. The molecule has 2 heterocycles. The zero-order valence-electron chi connectivity index (χ0n) is 14.2. The highest BCUT2D eigenvalue weighted by Crippen LogP contribution is 2.50. The number of β-lactam (4-membered cyclic amide) rings is 1. The minimum atomic E-state index is -1.06. The normalized spacial score (nSPS) is 27.1. The van der Waals surface area contributed by atoms with Crippen LogP contribution in [0, 0.1) is 0 Å². The highest BCUT2D eigenvalue weighted by Gasteiger charge is 2.64. The van der Waals surface area contributed by atoms with Gasteiger partial charge in [-0.3, -0.25) is 15.0 Å². The van der Waals surface area contributed by atoms with Crippen molar-refractivity contribution in [2.45, 2.75) is 42.1 Å². The van der Waals surface area contributed by atoms with E-state index in [1.165, 1.54) is 16.7 Å². The fraction of sp³-hybridized carbons (Fsp3) is 0.438. The second-order valence-electron chi connectivity index (χ2n) is 6.68. The summed E-state index contributed by atoms with van der Waals surface area (Å²) in [4.78, 5) is 37.9. The van der Waals surface area contributed by atoms with Crippen LogP contribution < -0.4 is 16.0 Å². The maximum absolute atomic E-state index is 12.6. The monoisotopic (exact) mass is 377 g/mol. The number of hydrazine groups is 1. The van der Waals surface area contributed by atoms with E-state index in [-0.39, 0.29) is 0 Å². The molecule has 2 fully saturated rings. The summed E-state index contributed by atoms with van der Waals surface area (Å²) in [6.45, 7) is 3.54. The second-order valence-corrected chi connectivity index (χ2v) is 8.46. The number of carbonyl (C=O) groups excluding carboxylic acids is 2. The number of nitrogens with one attached hydrogen (secondary N) is 3. The molecule has 4 atom stereocenters. The molecule has 2 saturated heterocycles. The Balaban J connectivity index is 1.75. The molecular weight excluding hydrogens is 358 g/mol. The van der Waals surface area contributed by atoms with Crippen LogP contribution in [0.4, 0.5) is 0 Å². The Hall–Kier alpha value is -2.62. The van der Waals surface area contributed by atoms with Crippen molar-refractivity contribution in [1.82, 2.24) is 15.6 Å². The predicted octanol–water partition coefficient (Wildman–Crippen LogP) is -1.03. The van der Waals surface area contributed by atoms with Gasteiger partial charge in [0.25, 0.3) is 0 Å². The second kappa shape index (κ2) is 6.60. The minimum absolute atomic E-state index is 0.419. The number of nitrogens with zero attached hydrogens (tertiary/aromatic N) is 2. The molecule has 0 spiro atoms. The molecule has 1 aromatic carbocycles. The van der Waals surface area contributed by atoms with E-state index in [9.17, 15) is 19.5 Å². The molecule has 0 aromatic heterocycles. The lowest BCUT2D eigenvalue weighted by molar-refractivity contribution is -0.554. The van der Waals surface area contributed by atoms with Crippen molar-refractivity contribution in [1.29, 1.82) is 0 Å². The lowest BCUT2D eigenvalue weighted by Crippen LogP contribution is -2.78. The van der Waals surface area contributed by atoms with E-state index in [2.05, 4.69) is 10.7 Å². The zero-order chi connectivity index (χ0) is 19.1. The molecule has 9 nitrogen and oxygen atoms in total. The zero-order valence-corrected chi connectivity index (χ0v) is 15.0. The molecule has 4 unspecified atom stereocenters. The predicted molar refractivity (Wildman–Crippen MR) is 92.3 cm³/mol. The molecular formula is C16H19N5O4S. The van der Waals surface area contributed by atoms with E-state index >= 15 is 0 Å². The standard InChI is InChI=1S/C16H19N5O4S/c1-16(2)11(15(24)25)21-13(23)10(14(21)26-16)18-12(22)9(19-20-17)8-6-4-3-5-7-8/h3-7,9-11,14,20H,1-2H3,(H3-,17,18,19,22,24,25). The minimum Gasteiger partial charge on any atom is -0.480 e. The Morgan fingerprint density at radius 1 is 1.35 bits per heavy atom. The number of amides is 2. The van der Waals surface area contributed by atoms with Gasteiger partial charge in [-0.2, -0.15) is 10.8 Å². The molecule has 0 radical (unpaired) electrons. The van der Waals surface area contributed by atoms with Crippen LogP contribution in [0.15, 0.2) is 30.3 Å². The third-order valence-electron chi connectivity index (χ3n) is 4.58. The SMILES string of the molecule is CC1(C)SC2C(NC(=O)C(N[NH+]=[N-])c3ccccc3)C(=O)N2C1C(=O)O. The van der Waals surface area contributed by atoms with Gasteiger partial charge < -0.3 is 15.3 Å². The van der Waals surface area contributed by atoms with Crippen molar-refractivity contribution in [2.24, 2.45) is 0 Å². The van der Waals surface area contributed by atoms with Gasteiger partial charge in [-0.25, -0.2) is 4.79 Å². The molecule has 2 amide bonds. The highest BCUT2D eigenvalue weighted by atomic mass is 32.2. The van der Waals surface area contributed by atoms with Crippen LogP contribution in [0.1, 0.15) is 25.5 Å². The molecule has 1 aromatic rings. The topological polar surface area (TPSA) is 135 Å². The van der Waals surface area contributed by atoms with Gasteiger partial charge >= 0.3 is 5.97 Å². The Bertz CT molecular complexity index is 756. The number of rotatable bonds is 6. The number of fused-ring (bicyclic) bond motifs is 1. The first-order chi connectivity index (χ1) is 12.3. The number of benzene rings is 1. The van der Waals surface area contributed by atoms with E-state index in [4.69, 9.17) is 5.53 Å².